The zero-order valence-electron chi connectivity index (χ0n) is 13.6. The zero-order valence-corrected chi connectivity index (χ0v) is 13.6. The number of amides is 1. The summed E-state index contributed by atoms with van der Waals surface area (Å²) in [6.07, 6.45) is 3.36. The Morgan fingerprint density at radius 1 is 1.17 bits per heavy atom. The molecule has 0 spiro atoms. The molecule has 0 radical (unpaired) electrons. The highest BCUT2D eigenvalue weighted by molar-refractivity contribution is 6.04. The molecule has 1 aromatic carbocycles. The van der Waals surface area contributed by atoms with Gasteiger partial charge in [-0.25, -0.2) is 0 Å². The number of likely N-dealkylation sites (N-methyl/N-ethyl adjacent to an activating group) is 1. The van der Waals surface area contributed by atoms with Gasteiger partial charge in [0.1, 0.15) is 0 Å². The first-order valence-electron chi connectivity index (χ1n) is 7.86. The van der Waals surface area contributed by atoms with Crippen molar-refractivity contribution in [3.05, 3.63) is 53.9 Å². The number of hydrogen-bond donors (Lipinski definition) is 1. The number of hydrogen-bond acceptors (Lipinski definition) is 5. The van der Waals surface area contributed by atoms with Gasteiger partial charge in [-0.2, -0.15) is 5.26 Å². The Hall–Kier alpha value is -2.91. The number of anilines is 2. The average Bonchev–Trinajstić information content (AvgIpc) is 2.63. The number of aromatic nitrogens is 1. The Balaban J connectivity index is 1.70. The second kappa shape index (κ2) is 7.11. The van der Waals surface area contributed by atoms with Gasteiger partial charge in [-0.15, -0.1) is 0 Å². The zero-order chi connectivity index (χ0) is 16.9. The van der Waals surface area contributed by atoms with E-state index in [1.54, 1.807) is 36.7 Å². The molecule has 1 amide bonds. The molecule has 0 aliphatic carbocycles. The summed E-state index contributed by atoms with van der Waals surface area (Å²) in [6.45, 7) is 3.86. The second-order valence-corrected chi connectivity index (χ2v) is 5.87. The van der Waals surface area contributed by atoms with E-state index in [0.717, 1.165) is 31.9 Å². The van der Waals surface area contributed by atoms with E-state index >= 15 is 0 Å². The molecule has 24 heavy (non-hydrogen) atoms. The first-order chi connectivity index (χ1) is 11.7. The normalized spacial score (nSPS) is 14.9. The number of nitriles is 1. The molecule has 1 N–H and O–H groups in total. The largest absolute Gasteiger partial charge is 0.368 e. The molecule has 0 bridgehead atoms. The van der Waals surface area contributed by atoms with E-state index < -0.39 is 0 Å². The highest BCUT2D eigenvalue weighted by Gasteiger charge is 2.16. The lowest BCUT2D eigenvalue weighted by Crippen LogP contribution is -2.44. The van der Waals surface area contributed by atoms with Crippen molar-refractivity contribution in [3.8, 4) is 6.07 Å². The minimum Gasteiger partial charge on any atom is -0.368 e. The lowest BCUT2D eigenvalue weighted by molar-refractivity contribution is 0.102. The molecule has 0 unspecified atom stereocenters. The van der Waals surface area contributed by atoms with Gasteiger partial charge < -0.3 is 15.1 Å². The van der Waals surface area contributed by atoms with E-state index in [1.165, 1.54) is 0 Å². The fourth-order valence-electron chi connectivity index (χ4n) is 2.62. The molecule has 122 valence electrons. The van der Waals surface area contributed by atoms with Gasteiger partial charge in [0, 0.05) is 38.1 Å². The maximum absolute atomic E-state index is 12.4. The maximum atomic E-state index is 12.4. The van der Waals surface area contributed by atoms with Crippen LogP contribution >= 0.6 is 0 Å². The number of piperazine rings is 1. The average molecular weight is 321 g/mol. The Bertz CT molecular complexity index is 758. The number of carbonyl (C=O) groups is 1. The molecule has 1 aromatic heterocycles. The molecular weight excluding hydrogens is 302 g/mol. The SMILES string of the molecule is CN1CCN(c2cncc(C(=O)Nc3ccc(C#N)cc3)c2)CC1. The third-order valence-electron chi connectivity index (χ3n) is 4.13. The molecule has 1 aliphatic rings. The van der Waals surface area contributed by atoms with Gasteiger partial charge in [0.2, 0.25) is 0 Å². The summed E-state index contributed by atoms with van der Waals surface area (Å²) in [5.41, 5.74) is 2.71. The number of carbonyl (C=O) groups excluding carboxylic acids is 1. The monoisotopic (exact) mass is 321 g/mol. The predicted molar refractivity (Wildman–Crippen MR) is 93.1 cm³/mol. The number of nitrogens with one attached hydrogen (secondary N) is 1. The van der Waals surface area contributed by atoms with Crippen LogP contribution in [0.1, 0.15) is 15.9 Å². The van der Waals surface area contributed by atoms with Crippen LogP contribution in [-0.4, -0.2) is 49.0 Å². The standard InChI is InChI=1S/C18H19N5O/c1-22-6-8-23(9-7-22)17-10-15(12-20-13-17)18(24)21-16-4-2-14(11-19)3-5-16/h2-5,10,12-13H,6-9H2,1H3,(H,21,24). The van der Waals surface area contributed by atoms with Crippen LogP contribution in [0.15, 0.2) is 42.7 Å². The molecule has 1 aliphatic heterocycles. The van der Waals surface area contributed by atoms with Crippen LogP contribution < -0.4 is 10.2 Å². The number of pyridine rings is 1. The molecular formula is C18H19N5O. The summed E-state index contributed by atoms with van der Waals surface area (Å²) in [7, 11) is 2.11. The van der Waals surface area contributed by atoms with Crippen LogP contribution in [0.3, 0.4) is 0 Å². The van der Waals surface area contributed by atoms with Crippen molar-refractivity contribution in [3.63, 3.8) is 0 Å². The molecule has 3 rings (SSSR count). The van der Waals surface area contributed by atoms with E-state index in [1.807, 2.05) is 6.07 Å². The van der Waals surface area contributed by atoms with Gasteiger partial charge in [-0.05, 0) is 37.4 Å². The number of rotatable bonds is 3. The van der Waals surface area contributed by atoms with Gasteiger partial charge >= 0.3 is 0 Å². The van der Waals surface area contributed by atoms with Crippen LogP contribution in [0.5, 0.6) is 0 Å². The summed E-state index contributed by atoms with van der Waals surface area (Å²) in [5, 5.41) is 11.6. The third-order valence-corrected chi connectivity index (χ3v) is 4.13. The van der Waals surface area contributed by atoms with Gasteiger partial charge in [0.25, 0.3) is 5.91 Å². The number of benzene rings is 1. The lowest BCUT2D eigenvalue weighted by Gasteiger charge is -2.33. The quantitative estimate of drug-likeness (QED) is 0.935. The van der Waals surface area contributed by atoms with Crippen molar-refractivity contribution in [2.75, 3.05) is 43.4 Å². The highest BCUT2D eigenvalue weighted by Crippen LogP contribution is 2.18. The Labute approximate surface area is 141 Å². The third kappa shape index (κ3) is 3.70. The first kappa shape index (κ1) is 16.0. The second-order valence-electron chi connectivity index (χ2n) is 5.87. The maximum Gasteiger partial charge on any atom is 0.257 e. The van der Waals surface area contributed by atoms with Crippen LogP contribution in [0.25, 0.3) is 0 Å². The Morgan fingerprint density at radius 2 is 1.88 bits per heavy atom. The first-order valence-corrected chi connectivity index (χ1v) is 7.86. The van der Waals surface area contributed by atoms with E-state index in [-0.39, 0.29) is 5.91 Å². The van der Waals surface area contributed by atoms with Crippen molar-refractivity contribution in [1.82, 2.24) is 9.88 Å². The van der Waals surface area contributed by atoms with Gasteiger partial charge in [0.05, 0.1) is 29.1 Å². The van der Waals surface area contributed by atoms with Crippen molar-refractivity contribution < 1.29 is 4.79 Å². The summed E-state index contributed by atoms with van der Waals surface area (Å²) < 4.78 is 0. The van der Waals surface area contributed by atoms with Gasteiger partial charge in [-0.3, -0.25) is 9.78 Å². The molecule has 2 heterocycles. The van der Waals surface area contributed by atoms with E-state index in [4.69, 9.17) is 5.26 Å². The van der Waals surface area contributed by atoms with E-state index in [0.29, 0.717) is 16.8 Å². The molecule has 2 aromatic rings. The van der Waals surface area contributed by atoms with Crippen LogP contribution in [0.4, 0.5) is 11.4 Å². The van der Waals surface area contributed by atoms with Gasteiger partial charge in [0.15, 0.2) is 0 Å². The Kier molecular flexibility index (Phi) is 4.73. The summed E-state index contributed by atoms with van der Waals surface area (Å²) in [4.78, 5) is 21.1. The minimum atomic E-state index is -0.205. The molecule has 1 saturated heterocycles. The molecule has 6 nitrogen and oxygen atoms in total. The van der Waals surface area contributed by atoms with E-state index in [2.05, 4.69) is 33.2 Å². The van der Waals surface area contributed by atoms with Crippen molar-refractivity contribution in [2.24, 2.45) is 0 Å². The Morgan fingerprint density at radius 3 is 2.54 bits per heavy atom. The molecule has 0 saturated carbocycles. The topological polar surface area (TPSA) is 72.3 Å². The summed E-state index contributed by atoms with van der Waals surface area (Å²) in [5.74, 6) is -0.205. The summed E-state index contributed by atoms with van der Waals surface area (Å²) >= 11 is 0. The smallest absolute Gasteiger partial charge is 0.257 e. The van der Waals surface area contributed by atoms with Crippen molar-refractivity contribution >= 4 is 17.3 Å². The van der Waals surface area contributed by atoms with Crippen LogP contribution in [0.2, 0.25) is 0 Å². The fraction of sp³-hybridized carbons (Fsp3) is 0.278. The highest BCUT2D eigenvalue weighted by atomic mass is 16.1. The van der Waals surface area contributed by atoms with Crippen LogP contribution in [0, 0.1) is 11.3 Å². The number of nitrogens with zero attached hydrogens (tertiary/aromatic N) is 4. The fourth-order valence-corrected chi connectivity index (χ4v) is 2.62. The van der Waals surface area contributed by atoms with E-state index in [9.17, 15) is 4.79 Å². The summed E-state index contributed by atoms with van der Waals surface area (Å²) in [6, 6.07) is 10.7. The minimum absolute atomic E-state index is 0.205. The molecule has 6 heteroatoms. The predicted octanol–water partition coefficient (Wildman–Crippen LogP) is 1.96. The van der Waals surface area contributed by atoms with Gasteiger partial charge in [-0.1, -0.05) is 0 Å². The lowest BCUT2D eigenvalue weighted by atomic mass is 10.2. The molecule has 0 atom stereocenters. The van der Waals surface area contributed by atoms with Crippen LogP contribution in [-0.2, 0) is 0 Å². The van der Waals surface area contributed by atoms with Crippen molar-refractivity contribution in [2.45, 2.75) is 0 Å². The van der Waals surface area contributed by atoms with Crippen molar-refractivity contribution in [1.29, 1.82) is 5.26 Å². The molecule has 1 fully saturated rings.